The number of amides is 2. The number of hydrogen-bond acceptors (Lipinski definition) is 6. The molecule has 2 fully saturated rings. The second-order valence-corrected chi connectivity index (χ2v) is 8.86. The van der Waals surface area contributed by atoms with Gasteiger partial charge in [0.2, 0.25) is 23.4 Å². The lowest BCUT2D eigenvalue weighted by molar-refractivity contribution is -0.133. The molecule has 2 saturated carbocycles. The Bertz CT molecular complexity index is 1180. The van der Waals surface area contributed by atoms with Crippen LogP contribution in [-0.4, -0.2) is 46.9 Å². The van der Waals surface area contributed by atoms with Gasteiger partial charge in [0.15, 0.2) is 0 Å². The van der Waals surface area contributed by atoms with E-state index in [1.807, 2.05) is 0 Å². The van der Waals surface area contributed by atoms with Crippen molar-refractivity contribution >= 4 is 17.6 Å². The SMILES string of the molecule is O=C(CC1CC(F)(F)C1)NCc1ccn2cc(CNC(=O)c3ncnn3CC3CC3)nc2n1. The number of aromatic nitrogens is 6. The largest absolute Gasteiger partial charge is 0.350 e. The Morgan fingerprint density at radius 1 is 1.09 bits per heavy atom. The molecule has 12 heteroatoms. The van der Waals surface area contributed by atoms with Crippen molar-refractivity contribution < 1.29 is 18.4 Å². The van der Waals surface area contributed by atoms with Gasteiger partial charge in [0.25, 0.3) is 5.91 Å². The summed E-state index contributed by atoms with van der Waals surface area (Å²) >= 11 is 0. The summed E-state index contributed by atoms with van der Waals surface area (Å²) in [6, 6.07) is 1.75. The average Bonchev–Trinajstić information content (AvgIpc) is 3.28. The average molecular weight is 458 g/mol. The molecular formula is C21H24F2N8O2. The van der Waals surface area contributed by atoms with Crippen molar-refractivity contribution in [2.24, 2.45) is 11.8 Å². The van der Waals surface area contributed by atoms with Crippen LogP contribution in [0.4, 0.5) is 8.78 Å². The summed E-state index contributed by atoms with van der Waals surface area (Å²) in [6.45, 7) is 1.10. The molecule has 2 aliphatic carbocycles. The number of carbonyl (C=O) groups excluding carboxylic acids is 2. The van der Waals surface area contributed by atoms with Gasteiger partial charge in [-0.2, -0.15) is 5.10 Å². The number of imidazole rings is 1. The van der Waals surface area contributed by atoms with E-state index in [1.165, 1.54) is 6.33 Å². The molecule has 0 atom stereocenters. The van der Waals surface area contributed by atoms with Crippen LogP contribution in [0.15, 0.2) is 24.8 Å². The van der Waals surface area contributed by atoms with Gasteiger partial charge < -0.3 is 10.6 Å². The first-order valence-corrected chi connectivity index (χ1v) is 11.0. The van der Waals surface area contributed by atoms with Crippen LogP contribution in [0.2, 0.25) is 0 Å². The molecule has 3 aromatic rings. The first-order chi connectivity index (χ1) is 15.8. The fourth-order valence-corrected chi connectivity index (χ4v) is 3.96. The highest BCUT2D eigenvalue weighted by atomic mass is 19.3. The minimum absolute atomic E-state index is 0.0967. The molecule has 3 aromatic heterocycles. The summed E-state index contributed by atoms with van der Waals surface area (Å²) in [5.41, 5.74) is 1.22. The standard InChI is InChI=1S/C21H24F2N8O2/c22-21(23)6-14(7-21)5-17(32)24-8-15-3-4-30-11-16(29-20(30)28-15)9-25-19(33)18-26-12-27-31(18)10-13-1-2-13/h3-4,11-14H,1-2,5-10H2,(H,24,32)(H,25,33). The Hall–Kier alpha value is -3.44. The molecule has 0 aliphatic heterocycles. The maximum Gasteiger partial charge on any atom is 0.289 e. The molecule has 5 rings (SSSR count). The highest BCUT2D eigenvalue weighted by Gasteiger charge is 2.45. The van der Waals surface area contributed by atoms with E-state index in [1.54, 1.807) is 27.5 Å². The molecule has 0 saturated heterocycles. The molecule has 0 radical (unpaired) electrons. The second kappa shape index (κ2) is 8.49. The number of fused-ring (bicyclic) bond motifs is 1. The van der Waals surface area contributed by atoms with E-state index >= 15 is 0 Å². The molecule has 3 heterocycles. The fraction of sp³-hybridized carbons (Fsp3) is 0.524. The number of carbonyl (C=O) groups is 2. The molecule has 0 bridgehead atoms. The molecule has 2 N–H and O–H groups in total. The monoisotopic (exact) mass is 458 g/mol. The number of hydrogen-bond donors (Lipinski definition) is 2. The van der Waals surface area contributed by atoms with Crippen molar-refractivity contribution in [3.05, 3.63) is 42.0 Å². The van der Waals surface area contributed by atoms with Crippen molar-refractivity contribution in [1.29, 1.82) is 0 Å². The van der Waals surface area contributed by atoms with Gasteiger partial charge in [-0.15, -0.1) is 0 Å². The molecule has 2 amide bonds. The topological polar surface area (TPSA) is 119 Å². The second-order valence-electron chi connectivity index (χ2n) is 8.86. The van der Waals surface area contributed by atoms with Crippen molar-refractivity contribution in [2.45, 2.75) is 57.7 Å². The lowest BCUT2D eigenvalue weighted by Gasteiger charge is -2.34. The van der Waals surface area contributed by atoms with Crippen LogP contribution >= 0.6 is 0 Å². The van der Waals surface area contributed by atoms with Crippen molar-refractivity contribution in [3.63, 3.8) is 0 Å². The Morgan fingerprint density at radius 2 is 1.85 bits per heavy atom. The van der Waals surface area contributed by atoms with E-state index < -0.39 is 5.92 Å². The van der Waals surface area contributed by atoms with Crippen LogP contribution in [0.3, 0.4) is 0 Å². The van der Waals surface area contributed by atoms with Gasteiger partial charge in [-0.25, -0.2) is 28.4 Å². The number of alkyl halides is 2. The molecular weight excluding hydrogens is 434 g/mol. The van der Waals surface area contributed by atoms with Crippen molar-refractivity contribution in [1.82, 2.24) is 39.8 Å². The third-order valence-electron chi connectivity index (χ3n) is 5.93. The van der Waals surface area contributed by atoms with E-state index in [-0.39, 0.29) is 55.9 Å². The zero-order chi connectivity index (χ0) is 23.0. The highest BCUT2D eigenvalue weighted by Crippen LogP contribution is 2.43. The van der Waals surface area contributed by atoms with Crippen LogP contribution < -0.4 is 10.6 Å². The number of rotatable bonds is 9. The molecule has 174 valence electrons. The molecule has 0 aromatic carbocycles. The van der Waals surface area contributed by atoms with Crippen LogP contribution in [0.1, 0.15) is 54.1 Å². The summed E-state index contributed by atoms with van der Waals surface area (Å²) in [5, 5.41) is 9.66. The van der Waals surface area contributed by atoms with E-state index in [4.69, 9.17) is 0 Å². The third kappa shape index (κ3) is 5.15. The van der Waals surface area contributed by atoms with Crippen LogP contribution in [0.5, 0.6) is 0 Å². The number of nitrogens with zero attached hydrogens (tertiary/aromatic N) is 6. The number of nitrogens with one attached hydrogen (secondary N) is 2. The van der Waals surface area contributed by atoms with Gasteiger partial charge >= 0.3 is 0 Å². The van der Waals surface area contributed by atoms with Gasteiger partial charge in [-0.1, -0.05) is 0 Å². The van der Waals surface area contributed by atoms with Crippen molar-refractivity contribution in [2.75, 3.05) is 0 Å². The lowest BCUT2D eigenvalue weighted by atomic mass is 9.79. The Balaban J connectivity index is 1.13. The zero-order valence-electron chi connectivity index (χ0n) is 17.9. The maximum absolute atomic E-state index is 12.9. The van der Waals surface area contributed by atoms with Gasteiger partial charge in [-0.3, -0.25) is 14.0 Å². The molecule has 33 heavy (non-hydrogen) atoms. The molecule has 0 unspecified atom stereocenters. The van der Waals surface area contributed by atoms with Gasteiger partial charge in [0.05, 0.1) is 24.5 Å². The van der Waals surface area contributed by atoms with Crippen LogP contribution in [0, 0.1) is 11.8 Å². The van der Waals surface area contributed by atoms with Gasteiger partial charge in [0.1, 0.15) is 6.33 Å². The van der Waals surface area contributed by atoms with Gasteiger partial charge in [-0.05, 0) is 30.7 Å². The quantitative estimate of drug-likeness (QED) is 0.504. The zero-order valence-corrected chi connectivity index (χ0v) is 17.9. The molecule has 2 aliphatic rings. The predicted molar refractivity (Wildman–Crippen MR) is 111 cm³/mol. The molecule has 0 spiro atoms. The summed E-state index contributed by atoms with van der Waals surface area (Å²) in [5.74, 6) is -2.17. The fourth-order valence-electron chi connectivity index (χ4n) is 3.96. The van der Waals surface area contributed by atoms with Crippen LogP contribution in [-0.2, 0) is 24.4 Å². The van der Waals surface area contributed by atoms with Crippen LogP contribution in [0.25, 0.3) is 5.78 Å². The summed E-state index contributed by atoms with van der Waals surface area (Å²) in [6.07, 6.45) is 6.86. The van der Waals surface area contributed by atoms with E-state index in [9.17, 15) is 18.4 Å². The Morgan fingerprint density at radius 3 is 2.61 bits per heavy atom. The maximum atomic E-state index is 12.9. The van der Waals surface area contributed by atoms with Gasteiger partial charge in [0, 0.05) is 38.2 Å². The Labute approximate surface area is 187 Å². The highest BCUT2D eigenvalue weighted by molar-refractivity contribution is 5.90. The minimum Gasteiger partial charge on any atom is -0.350 e. The summed E-state index contributed by atoms with van der Waals surface area (Å²) in [4.78, 5) is 37.4. The van der Waals surface area contributed by atoms with E-state index in [2.05, 4.69) is 30.7 Å². The molecule has 10 nitrogen and oxygen atoms in total. The Kier molecular flexibility index (Phi) is 5.51. The predicted octanol–water partition coefficient (Wildman–Crippen LogP) is 1.71. The van der Waals surface area contributed by atoms with E-state index in [0.29, 0.717) is 29.6 Å². The normalized spacial score (nSPS) is 17.6. The smallest absolute Gasteiger partial charge is 0.289 e. The summed E-state index contributed by atoms with van der Waals surface area (Å²) in [7, 11) is 0. The first-order valence-electron chi connectivity index (χ1n) is 11.0. The minimum atomic E-state index is -2.62. The lowest BCUT2D eigenvalue weighted by Crippen LogP contribution is -2.38. The first kappa shape index (κ1) is 21.4. The van der Waals surface area contributed by atoms with Crippen molar-refractivity contribution in [3.8, 4) is 0 Å². The third-order valence-corrected chi connectivity index (χ3v) is 5.93. The van der Waals surface area contributed by atoms with E-state index in [0.717, 1.165) is 12.8 Å². The summed E-state index contributed by atoms with van der Waals surface area (Å²) < 4.78 is 29.1. The number of halogens is 2.